The van der Waals surface area contributed by atoms with Crippen molar-refractivity contribution in [3.63, 3.8) is 0 Å². The second-order valence-corrected chi connectivity index (χ2v) is 8.30. The highest BCUT2D eigenvalue weighted by molar-refractivity contribution is 5.36. The summed E-state index contributed by atoms with van der Waals surface area (Å²) in [4.78, 5) is 3.92. The van der Waals surface area contributed by atoms with Gasteiger partial charge in [0, 0.05) is 6.54 Å². The summed E-state index contributed by atoms with van der Waals surface area (Å²) >= 11 is 0. The van der Waals surface area contributed by atoms with Gasteiger partial charge in [-0.3, -0.25) is 0 Å². The minimum Gasteiger partial charge on any atom is -0.754 e. The third-order valence-corrected chi connectivity index (χ3v) is 5.54. The largest absolute Gasteiger partial charge is 0.754 e. The van der Waals surface area contributed by atoms with E-state index in [0.717, 1.165) is 13.0 Å². The van der Waals surface area contributed by atoms with Crippen LogP contribution in [0.2, 0.25) is 0 Å². The van der Waals surface area contributed by atoms with E-state index in [4.69, 9.17) is 10.5 Å². The Morgan fingerprint density at radius 1 is 0.833 bits per heavy atom. The molecule has 1 rings (SSSR count). The fraction of sp³-hybridized carbons (Fsp3) is 0.833. The molecule has 6 nitrogen and oxygen atoms in total. The lowest BCUT2D eigenvalue weighted by molar-refractivity contribution is -0.577. The lowest BCUT2D eigenvalue weighted by Gasteiger charge is -2.14. The molecule has 0 bridgehead atoms. The maximum atomic E-state index is 11.9. The summed E-state index contributed by atoms with van der Waals surface area (Å²) in [5.74, 6) is 0.707. The Balaban J connectivity index is 1.91. The van der Waals surface area contributed by atoms with Crippen LogP contribution in [0.15, 0.2) is 6.07 Å². The number of hydrogen-bond acceptors (Lipinski definition) is 5. The van der Waals surface area contributed by atoms with Crippen LogP contribution in [0, 0.1) is 5.21 Å². The first-order valence-electron chi connectivity index (χ1n) is 12.5. The molecule has 0 spiro atoms. The lowest BCUT2D eigenvalue weighted by Crippen LogP contribution is -2.36. The van der Waals surface area contributed by atoms with Crippen LogP contribution in [-0.4, -0.2) is 18.1 Å². The van der Waals surface area contributed by atoms with Crippen LogP contribution in [0.4, 0.5) is 11.8 Å². The zero-order chi connectivity index (χ0) is 21.9. The van der Waals surface area contributed by atoms with Crippen LogP contribution in [0.1, 0.15) is 117 Å². The van der Waals surface area contributed by atoms with Gasteiger partial charge in [-0.2, -0.15) is 0 Å². The van der Waals surface area contributed by atoms with Gasteiger partial charge in [-0.1, -0.05) is 108 Å². The van der Waals surface area contributed by atoms with Gasteiger partial charge in [0.25, 0.3) is 5.88 Å². The predicted octanol–water partition coefficient (Wildman–Crippen LogP) is 6.37. The molecule has 1 aromatic rings. The molecule has 3 N–H and O–H groups in total. The highest BCUT2D eigenvalue weighted by atomic mass is 16.5. The fourth-order valence-corrected chi connectivity index (χ4v) is 3.72. The third-order valence-electron chi connectivity index (χ3n) is 5.54. The summed E-state index contributed by atoms with van der Waals surface area (Å²) in [7, 11) is 0. The maximum absolute atomic E-state index is 11.9. The second-order valence-electron chi connectivity index (χ2n) is 8.30. The number of hydrogen-bond donors (Lipinski definition) is 2. The number of nitrogens with one attached hydrogen (secondary N) is 1. The van der Waals surface area contributed by atoms with Crippen molar-refractivity contribution < 1.29 is 9.47 Å². The number of rotatable bonds is 20. The molecule has 0 saturated carbocycles. The van der Waals surface area contributed by atoms with Crippen LogP contribution < -0.4 is 20.5 Å². The molecule has 0 radical (unpaired) electrons. The molecule has 0 aliphatic heterocycles. The predicted molar refractivity (Wildman–Crippen MR) is 127 cm³/mol. The molecule has 6 heteroatoms. The topological polar surface area (TPSA) is 87.1 Å². The van der Waals surface area contributed by atoms with Crippen LogP contribution >= 0.6 is 0 Å². The highest BCUT2D eigenvalue weighted by Crippen LogP contribution is 2.15. The Hall–Kier alpha value is -1.72. The minimum absolute atomic E-state index is 0.0876. The Morgan fingerprint density at radius 3 is 1.77 bits per heavy atom. The average Bonchev–Trinajstić information content (AvgIpc) is 2.73. The van der Waals surface area contributed by atoms with Crippen molar-refractivity contribution in [1.29, 1.82) is 0 Å². The third kappa shape index (κ3) is 12.8. The van der Waals surface area contributed by atoms with E-state index in [2.05, 4.69) is 17.2 Å². The van der Waals surface area contributed by atoms with E-state index in [0.29, 0.717) is 23.0 Å². The van der Waals surface area contributed by atoms with Gasteiger partial charge in [-0.25, -0.2) is 4.73 Å². The molecule has 0 aliphatic rings. The van der Waals surface area contributed by atoms with E-state index in [1.54, 1.807) is 6.07 Å². The van der Waals surface area contributed by atoms with Crippen molar-refractivity contribution in [2.75, 3.05) is 24.2 Å². The van der Waals surface area contributed by atoms with Crippen molar-refractivity contribution in [3.8, 4) is 5.88 Å². The molecule has 0 aliphatic carbocycles. The van der Waals surface area contributed by atoms with Crippen molar-refractivity contribution in [3.05, 3.63) is 11.3 Å². The van der Waals surface area contributed by atoms with Gasteiger partial charge >= 0.3 is 5.95 Å². The monoisotopic (exact) mass is 422 g/mol. The van der Waals surface area contributed by atoms with E-state index in [1.165, 1.54) is 96.3 Å². The number of nitrogen functional groups attached to an aromatic ring is 1. The molecule has 0 amide bonds. The first-order chi connectivity index (χ1) is 14.7. The molecule has 30 heavy (non-hydrogen) atoms. The minimum atomic E-state index is -0.0876. The van der Waals surface area contributed by atoms with Crippen LogP contribution in [0.3, 0.4) is 0 Å². The first kappa shape index (κ1) is 26.3. The number of nitrogens with two attached hydrogens (primary N) is 1. The molecule has 1 aromatic heterocycles. The van der Waals surface area contributed by atoms with Crippen LogP contribution in [0.25, 0.3) is 0 Å². The van der Waals surface area contributed by atoms with Crippen molar-refractivity contribution in [2.45, 2.75) is 117 Å². The SMILES string of the molecule is CCCCCCCCCCCCCCCCCCNc1cc(OCC)nc(N)[n+]1[O-]. The van der Waals surface area contributed by atoms with E-state index in [1.807, 2.05) is 6.92 Å². The molecule has 0 saturated heterocycles. The number of unbranched alkanes of at least 4 members (excludes halogenated alkanes) is 15. The molecule has 0 atom stereocenters. The second kappa shape index (κ2) is 18.1. The number of aromatic nitrogens is 2. The number of anilines is 2. The number of ether oxygens (including phenoxy) is 1. The van der Waals surface area contributed by atoms with Gasteiger partial charge < -0.3 is 21.0 Å². The van der Waals surface area contributed by atoms with E-state index in [9.17, 15) is 5.21 Å². The first-order valence-corrected chi connectivity index (χ1v) is 12.5. The van der Waals surface area contributed by atoms with Crippen LogP contribution in [0.5, 0.6) is 5.88 Å². The van der Waals surface area contributed by atoms with Gasteiger partial charge in [0.2, 0.25) is 5.82 Å². The van der Waals surface area contributed by atoms with Gasteiger partial charge in [-0.15, -0.1) is 0 Å². The molecule has 174 valence electrons. The molecular formula is C24H46N4O2. The van der Waals surface area contributed by atoms with Crippen molar-refractivity contribution in [1.82, 2.24) is 4.98 Å². The molecule has 1 heterocycles. The molecule has 0 unspecified atom stereocenters. The highest BCUT2D eigenvalue weighted by Gasteiger charge is 2.10. The molecule has 0 aromatic carbocycles. The Kier molecular flexibility index (Phi) is 15.9. The van der Waals surface area contributed by atoms with Gasteiger partial charge in [0.15, 0.2) is 0 Å². The standard InChI is InChI=1S/C24H46N4O2/c1-3-5-6-7-8-9-10-11-12-13-14-15-16-17-18-19-20-26-22-21-23(30-4-2)27-24(25)28(22)29/h21,26H,3-20H2,1-2H3,(H2,25,27). The molecule has 0 fully saturated rings. The summed E-state index contributed by atoms with van der Waals surface area (Å²) in [5.41, 5.74) is 5.64. The summed E-state index contributed by atoms with van der Waals surface area (Å²) in [6.45, 7) is 5.41. The van der Waals surface area contributed by atoms with Gasteiger partial charge in [0.1, 0.15) is 0 Å². The normalized spacial score (nSPS) is 11.0. The maximum Gasteiger partial charge on any atom is 0.347 e. The Labute approximate surface area is 184 Å². The fourth-order valence-electron chi connectivity index (χ4n) is 3.72. The van der Waals surface area contributed by atoms with Gasteiger partial charge in [-0.05, 0) is 13.3 Å². The smallest absolute Gasteiger partial charge is 0.347 e. The van der Waals surface area contributed by atoms with E-state index < -0.39 is 0 Å². The van der Waals surface area contributed by atoms with Crippen molar-refractivity contribution in [2.24, 2.45) is 0 Å². The summed E-state index contributed by atoms with van der Waals surface area (Å²) in [6.07, 6.45) is 21.7. The summed E-state index contributed by atoms with van der Waals surface area (Å²) < 4.78 is 5.96. The quantitative estimate of drug-likeness (QED) is 0.145. The van der Waals surface area contributed by atoms with E-state index >= 15 is 0 Å². The summed E-state index contributed by atoms with van der Waals surface area (Å²) in [5, 5.41) is 15.1. The van der Waals surface area contributed by atoms with E-state index in [-0.39, 0.29) is 5.95 Å². The average molecular weight is 423 g/mol. The Morgan fingerprint density at radius 2 is 1.30 bits per heavy atom. The van der Waals surface area contributed by atoms with Crippen molar-refractivity contribution >= 4 is 11.8 Å². The number of nitrogens with zero attached hydrogens (tertiary/aromatic N) is 2. The van der Waals surface area contributed by atoms with Gasteiger partial charge in [0.05, 0.1) is 12.7 Å². The summed E-state index contributed by atoms with van der Waals surface area (Å²) in [6, 6.07) is 1.61. The zero-order valence-corrected chi connectivity index (χ0v) is 19.6. The Bertz CT molecular complexity index is 540. The molecular weight excluding hydrogens is 376 g/mol. The lowest BCUT2D eigenvalue weighted by atomic mass is 10.0. The van der Waals surface area contributed by atoms with Crippen LogP contribution in [-0.2, 0) is 0 Å². The zero-order valence-electron chi connectivity index (χ0n) is 19.6.